The number of nitrogen functional groups attached to an aromatic ring is 1. The van der Waals surface area contributed by atoms with Crippen LogP contribution >= 0.6 is 11.3 Å². The smallest absolute Gasteiger partial charge is 0.180 e. The fourth-order valence-corrected chi connectivity index (χ4v) is 4.77. The van der Waals surface area contributed by atoms with Crippen molar-refractivity contribution < 1.29 is 0 Å². The van der Waals surface area contributed by atoms with Gasteiger partial charge in [0, 0.05) is 49.7 Å². The molecule has 2 N–H and O–H groups in total. The van der Waals surface area contributed by atoms with Crippen molar-refractivity contribution in [1.29, 1.82) is 0 Å². The van der Waals surface area contributed by atoms with Gasteiger partial charge in [-0.15, -0.1) is 11.3 Å². The first-order valence-electron chi connectivity index (χ1n) is 9.76. The van der Waals surface area contributed by atoms with Gasteiger partial charge >= 0.3 is 0 Å². The molecule has 1 fully saturated rings. The Bertz CT molecular complexity index is 718. The van der Waals surface area contributed by atoms with E-state index in [1.54, 1.807) is 11.3 Å². The van der Waals surface area contributed by atoms with E-state index < -0.39 is 0 Å². The summed E-state index contributed by atoms with van der Waals surface area (Å²) in [5.41, 5.74) is 9.70. The summed E-state index contributed by atoms with van der Waals surface area (Å²) in [7, 11) is 0. The number of fused-ring (bicyclic) bond motifs is 1. The highest BCUT2D eigenvalue weighted by atomic mass is 32.1. The lowest BCUT2D eigenvalue weighted by Gasteiger charge is -2.28. The summed E-state index contributed by atoms with van der Waals surface area (Å²) < 4.78 is 0. The molecule has 4 nitrogen and oxygen atoms in total. The number of piperidine rings is 1. The third-order valence-corrected chi connectivity index (χ3v) is 6.39. The molecule has 3 heterocycles. The van der Waals surface area contributed by atoms with E-state index >= 15 is 0 Å². The lowest BCUT2D eigenvalue weighted by molar-refractivity contribution is 0.318. The quantitative estimate of drug-likeness (QED) is 0.891. The van der Waals surface area contributed by atoms with E-state index in [0.29, 0.717) is 0 Å². The van der Waals surface area contributed by atoms with Gasteiger partial charge in [0.2, 0.25) is 0 Å². The molecule has 0 spiro atoms. The molecule has 5 heteroatoms. The van der Waals surface area contributed by atoms with Crippen molar-refractivity contribution in [2.24, 2.45) is 0 Å². The molecular formula is C21H28N4S. The average Bonchev–Trinajstić information content (AvgIpc) is 2.94. The largest absolute Gasteiger partial charge is 0.375 e. The molecule has 1 aromatic carbocycles. The SMILES string of the molecule is Nc1nc2c(s1)CCN(C/C=C/c1ccc(N3CCCCC3)cc1)CC2. The van der Waals surface area contributed by atoms with Crippen LogP contribution < -0.4 is 10.6 Å². The second-order valence-electron chi connectivity index (χ2n) is 7.26. The van der Waals surface area contributed by atoms with Crippen molar-refractivity contribution in [3.8, 4) is 0 Å². The predicted molar refractivity (Wildman–Crippen MR) is 112 cm³/mol. The third kappa shape index (κ3) is 4.27. The third-order valence-electron chi connectivity index (χ3n) is 5.40. The molecule has 1 aromatic heterocycles. The lowest BCUT2D eigenvalue weighted by Crippen LogP contribution is -2.29. The number of hydrogen-bond acceptors (Lipinski definition) is 5. The molecule has 1 saturated heterocycles. The summed E-state index contributed by atoms with van der Waals surface area (Å²) in [6.45, 7) is 5.56. The summed E-state index contributed by atoms with van der Waals surface area (Å²) in [6, 6.07) is 9.02. The van der Waals surface area contributed by atoms with Gasteiger partial charge in [-0.2, -0.15) is 0 Å². The van der Waals surface area contributed by atoms with Crippen molar-refractivity contribution in [2.45, 2.75) is 32.1 Å². The van der Waals surface area contributed by atoms with E-state index in [9.17, 15) is 0 Å². The molecule has 2 aliphatic heterocycles. The monoisotopic (exact) mass is 368 g/mol. The molecule has 26 heavy (non-hydrogen) atoms. The minimum atomic E-state index is 0.719. The van der Waals surface area contributed by atoms with Gasteiger partial charge in [-0.25, -0.2) is 4.98 Å². The van der Waals surface area contributed by atoms with Crippen LogP contribution in [0.1, 0.15) is 35.4 Å². The summed E-state index contributed by atoms with van der Waals surface area (Å²) >= 11 is 1.66. The second-order valence-corrected chi connectivity index (χ2v) is 8.38. The minimum Gasteiger partial charge on any atom is -0.375 e. The highest BCUT2D eigenvalue weighted by Gasteiger charge is 2.16. The Morgan fingerprint density at radius 3 is 2.58 bits per heavy atom. The number of rotatable bonds is 4. The summed E-state index contributed by atoms with van der Waals surface area (Å²) in [6.07, 6.45) is 10.7. The Morgan fingerprint density at radius 1 is 1.00 bits per heavy atom. The Hall–Kier alpha value is -1.85. The first-order chi connectivity index (χ1) is 12.8. The van der Waals surface area contributed by atoms with Crippen LogP contribution in [0.15, 0.2) is 30.3 Å². The normalized spacial score (nSPS) is 18.8. The van der Waals surface area contributed by atoms with Crippen molar-refractivity contribution in [3.63, 3.8) is 0 Å². The Balaban J connectivity index is 1.29. The molecule has 0 saturated carbocycles. The topological polar surface area (TPSA) is 45.4 Å². The number of nitrogens with zero attached hydrogens (tertiary/aromatic N) is 3. The Labute approximate surface area is 160 Å². The highest BCUT2D eigenvalue weighted by molar-refractivity contribution is 7.15. The fourth-order valence-electron chi connectivity index (χ4n) is 3.90. The first kappa shape index (κ1) is 17.6. The number of thiazole rings is 1. The number of nitrogens with two attached hydrogens (primary N) is 1. The maximum absolute atomic E-state index is 5.83. The zero-order valence-electron chi connectivity index (χ0n) is 15.4. The second kappa shape index (κ2) is 8.23. The van der Waals surface area contributed by atoms with E-state index in [1.165, 1.54) is 54.2 Å². The number of hydrogen-bond donors (Lipinski definition) is 1. The van der Waals surface area contributed by atoms with Crippen molar-refractivity contribution in [3.05, 3.63) is 46.5 Å². The number of anilines is 2. The van der Waals surface area contributed by atoms with Crippen LogP contribution in [-0.2, 0) is 12.8 Å². The van der Waals surface area contributed by atoms with Crippen molar-refractivity contribution >= 4 is 28.2 Å². The minimum absolute atomic E-state index is 0.719. The van der Waals surface area contributed by atoms with Crippen LogP contribution in [0.4, 0.5) is 10.8 Å². The maximum atomic E-state index is 5.83. The number of aromatic nitrogens is 1. The maximum Gasteiger partial charge on any atom is 0.180 e. The molecule has 0 amide bonds. The summed E-state index contributed by atoms with van der Waals surface area (Å²) in [5.74, 6) is 0. The van der Waals surface area contributed by atoms with Gasteiger partial charge in [0.05, 0.1) is 5.69 Å². The molecule has 2 aromatic rings. The summed E-state index contributed by atoms with van der Waals surface area (Å²) in [5, 5.41) is 0.719. The van der Waals surface area contributed by atoms with Crippen molar-refractivity contribution in [1.82, 2.24) is 9.88 Å². The fraction of sp³-hybridized carbons (Fsp3) is 0.476. The highest BCUT2D eigenvalue weighted by Crippen LogP contribution is 2.24. The van der Waals surface area contributed by atoms with Gasteiger partial charge in [0.15, 0.2) is 5.13 Å². The molecule has 0 bridgehead atoms. The zero-order chi connectivity index (χ0) is 17.8. The van der Waals surface area contributed by atoms with Crippen molar-refractivity contribution in [2.75, 3.05) is 43.4 Å². The van der Waals surface area contributed by atoms with Crippen LogP contribution in [0.2, 0.25) is 0 Å². The molecule has 0 atom stereocenters. The average molecular weight is 369 g/mol. The van der Waals surface area contributed by atoms with Crippen LogP contribution in [-0.4, -0.2) is 42.6 Å². The standard InChI is InChI=1S/C21H28N4S/c22-21-23-19-10-15-24(16-11-20(19)26-21)12-4-5-17-6-8-18(9-7-17)25-13-2-1-3-14-25/h4-9H,1-3,10-16H2,(H2,22,23)/b5-4+. The van der Waals surface area contributed by atoms with E-state index in [1.807, 2.05) is 0 Å². The Morgan fingerprint density at radius 2 is 1.77 bits per heavy atom. The van der Waals surface area contributed by atoms with E-state index in [4.69, 9.17) is 5.73 Å². The molecule has 138 valence electrons. The van der Waals surface area contributed by atoms with E-state index in [2.05, 4.69) is 51.2 Å². The zero-order valence-corrected chi connectivity index (χ0v) is 16.2. The van der Waals surface area contributed by atoms with Gasteiger partial charge in [-0.3, -0.25) is 4.90 Å². The lowest BCUT2D eigenvalue weighted by atomic mass is 10.1. The number of benzene rings is 1. The molecule has 0 aliphatic carbocycles. The van der Waals surface area contributed by atoms with Gasteiger partial charge in [-0.1, -0.05) is 24.3 Å². The van der Waals surface area contributed by atoms with Gasteiger partial charge in [0.25, 0.3) is 0 Å². The van der Waals surface area contributed by atoms with Crippen LogP contribution in [0.3, 0.4) is 0 Å². The van der Waals surface area contributed by atoms with E-state index in [0.717, 1.165) is 37.6 Å². The van der Waals surface area contributed by atoms with Gasteiger partial charge in [0.1, 0.15) is 0 Å². The Kier molecular flexibility index (Phi) is 5.56. The van der Waals surface area contributed by atoms with Gasteiger partial charge < -0.3 is 10.6 Å². The van der Waals surface area contributed by atoms with Crippen LogP contribution in [0.25, 0.3) is 6.08 Å². The molecule has 4 rings (SSSR count). The van der Waals surface area contributed by atoms with E-state index in [-0.39, 0.29) is 0 Å². The van der Waals surface area contributed by atoms with Crippen LogP contribution in [0.5, 0.6) is 0 Å². The molecular weight excluding hydrogens is 340 g/mol. The molecule has 0 unspecified atom stereocenters. The van der Waals surface area contributed by atoms with Crippen LogP contribution in [0, 0.1) is 0 Å². The molecule has 2 aliphatic rings. The first-order valence-corrected chi connectivity index (χ1v) is 10.6. The summed E-state index contributed by atoms with van der Waals surface area (Å²) in [4.78, 5) is 10.9. The molecule has 0 radical (unpaired) electrons. The van der Waals surface area contributed by atoms with Gasteiger partial charge in [-0.05, 0) is 43.4 Å². The predicted octanol–water partition coefficient (Wildman–Crippen LogP) is 3.83.